The van der Waals surface area contributed by atoms with Crippen LogP contribution in [-0.2, 0) is 4.74 Å². The number of hydrogen-bond donors (Lipinski definition) is 2. The van der Waals surface area contributed by atoms with E-state index in [1.54, 1.807) is 17.3 Å². The maximum absolute atomic E-state index is 11.7. The van der Waals surface area contributed by atoms with Crippen LogP contribution in [0.15, 0.2) is 17.0 Å². The van der Waals surface area contributed by atoms with Gasteiger partial charge in [0.05, 0.1) is 6.54 Å². The molecule has 1 saturated heterocycles. The van der Waals surface area contributed by atoms with Gasteiger partial charge in [0.15, 0.2) is 5.82 Å². The lowest BCUT2D eigenvalue weighted by Crippen LogP contribution is -2.43. The van der Waals surface area contributed by atoms with Crippen LogP contribution in [0.1, 0.15) is 12.8 Å². The molecule has 0 radical (unpaired) electrons. The predicted molar refractivity (Wildman–Crippen MR) is 62.3 cm³/mol. The Morgan fingerprint density at radius 3 is 3.00 bits per heavy atom. The van der Waals surface area contributed by atoms with Crippen molar-refractivity contribution in [2.75, 3.05) is 13.1 Å². The molecule has 2 heterocycles. The number of aliphatic imine (C=N–C) groups is 1. The van der Waals surface area contributed by atoms with Gasteiger partial charge < -0.3 is 15.8 Å². The van der Waals surface area contributed by atoms with E-state index in [4.69, 9.17) is 10.5 Å². The van der Waals surface area contributed by atoms with Crippen LogP contribution in [0.3, 0.4) is 0 Å². The molecule has 3 N–H and O–H groups in total. The Hall–Kier alpha value is -1.56. The van der Waals surface area contributed by atoms with Crippen molar-refractivity contribution in [3.05, 3.63) is 12.0 Å². The summed E-state index contributed by atoms with van der Waals surface area (Å²) in [6.45, 7) is 1.29. The van der Waals surface area contributed by atoms with Crippen LogP contribution in [0.25, 0.3) is 0 Å². The van der Waals surface area contributed by atoms with Crippen LogP contribution in [-0.4, -0.2) is 42.4 Å². The lowest BCUT2D eigenvalue weighted by Gasteiger charge is -2.35. The molecule has 0 aromatic carbocycles. The highest BCUT2D eigenvalue weighted by atomic mass is 16.6. The first-order chi connectivity index (χ1) is 8.24. The number of carbonyl (C=O) groups excluding carboxylic acids is 1. The molecule has 2 fully saturated rings. The summed E-state index contributed by atoms with van der Waals surface area (Å²) in [5, 5.41) is 3.03. The first-order valence-electron chi connectivity index (χ1n) is 5.94. The molecule has 1 unspecified atom stereocenters. The van der Waals surface area contributed by atoms with E-state index in [1.165, 1.54) is 0 Å². The first-order valence-corrected chi connectivity index (χ1v) is 5.94. The third-order valence-corrected chi connectivity index (χ3v) is 3.51. The normalized spacial score (nSPS) is 36.1. The fourth-order valence-corrected chi connectivity index (χ4v) is 2.46. The summed E-state index contributed by atoms with van der Waals surface area (Å²) >= 11 is 0. The molecule has 2 aliphatic heterocycles. The number of hydrogen-bond acceptors (Lipinski definition) is 5. The Kier molecular flexibility index (Phi) is 2.51. The lowest BCUT2D eigenvalue weighted by molar-refractivity contribution is 0.0619. The van der Waals surface area contributed by atoms with Crippen molar-refractivity contribution in [2.24, 2.45) is 16.6 Å². The molecule has 3 rings (SSSR count). The smallest absolute Gasteiger partial charge is 0.416 e. The van der Waals surface area contributed by atoms with Crippen molar-refractivity contribution in [3.63, 3.8) is 0 Å². The summed E-state index contributed by atoms with van der Waals surface area (Å²) in [5.41, 5.74) is 5.75. The Bertz CT molecular complexity index is 387. The molecule has 6 heteroatoms. The van der Waals surface area contributed by atoms with Gasteiger partial charge in [0, 0.05) is 30.9 Å². The number of ether oxygens (including phenoxy) is 1. The van der Waals surface area contributed by atoms with E-state index < -0.39 is 0 Å². The minimum Gasteiger partial charge on any atom is -0.444 e. The summed E-state index contributed by atoms with van der Waals surface area (Å²) in [6, 6.07) is 0.279. The predicted octanol–water partition coefficient (Wildman–Crippen LogP) is 0.0174. The minimum absolute atomic E-state index is 0.0275. The van der Waals surface area contributed by atoms with Crippen molar-refractivity contribution in [3.8, 4) is 0 Å². The molecule has 1 amide bonds. The van der Waals surface area contributed by atoms with Crippen molar-refractivity contribution < 1.29 is 9.53 Å². The third-order valence-electron chi connectivity index (χ3n) is 3.51. The fourth-order valence-electron chi connectivity index (χ4n) is 2.46. The quantitative estimate of drug-likeness (QED) is 0.708. The number of carbonyl (C=O) groups is 1. The molecular formula is C11H16N4O2. The number of amides is 1. The summed E-state index contributed by atoms with van der Waals surface area (Å²) < 4.78 is 5.37. The topological polar surface area (TPSA) is 80.0 Å². The van der Waals surface area contributed by atoms with Gasteiger partial charge in [-0.3, -0.25) is 4.90 Å². The van der Waals surface area contributed by atoms with Crippen LogP contribution in [0, 0.1) is 5.92 Å². The van der Waals surface area contributed by atoms with Gasteiger partial charge in [-0.05, 0) is 12.8 Å². The molecule has 0 aromatic heterocycles. The maximum Gasteiger partial charge on any atom is 0.416 e. The molecule has 1 atom stereocenters. The Morgan fingerprint density at radius 1 is 1.53 bits per heavy atom. The van der Waals surface area contributed by atoms with E-state index >= 15 is 0 Å². The number of nitrogens with zero attached hydrogens (tertiary/aromatic N) is 2. The summed E-state index contributed by atoms with van der Waals surface area (Å²) in [5.74, 6) is 1.05. The molecule has 0 bridgehead atoms. The second-order valence-corrected chi connectivity index (χ2v) is 4.75. The monoisotopic (exact) mass is 236 g/mol. The minimum atomic E-state index is -0.303. The van der Waals surface area contributed by atoms with Crippen molar-refractivity contribution >= 4 is 12.3 Å². The average Bonchev–Trinajstić information content (AvgIpc) is 2.68. The second kappa shape index (κ2) is 4.03. The number of nitrogens with two attached hydrogens (primary N) is 1. The van der Waals surface area contributed by atoms with Gasteiger partial charge in [-0.1, -0.05) is 0 Å². The van der Waals surface area contributed by atoms with Gasteiger partial charge in [-0.15, -0.1) is 0 Å². The van der Waals surface area contributed by atoms with Crippen LogP contribution < -0.4 is 11.1 Å². The van der Waals surface area contributed by atoms with Gasteiger partial charge in [0.1, 0.15) is 6.10 Å². The van der Waals surface area contributed by atoms with Crippen LogP contribution >= 0.6 is 0 Å². The summed E-state index contributed by atoms with van der Waals surface area (Å²) in [4.78, 5) is 17.5. The van der Waals surface area contributed by atoms with E-state index in [-0.39, 0.29) is 18.2 Å². The highest BCUT2D eigenvalue weighted by Crippen LogP contribution is 2.34. The van der Waals surface area contributed by atoms with E-state index in [0.29, 0.717) is 24.8 Å². The number of rotatable bonds is 2. The maximum atomic E-state index is 11.7. The molecule has 3 aliphatic rings. The molecule has 0 spiro atoms. The Labute approximate surface area is 99.5 Å². The van der Waals surface area contributed by atoms with Crippen molar-refractivity contribution in [2.45, 2.75) is 25.0 Å². The molecule has 0 aromatic rings. The highest BCUT2D eigenvalue weighted by Gasteiger charge is 2.42. The van der Waals surface area contributed by atoms with Gasteiger partial charge in [0.25, 0.3) is 0 Å². The summed E-state index contributed by atoms with van der Waals surface area (Å²) in [7, 11) is 0. The molecular weight excluding hydrogens is 220 g/mol. The lowest BCUT2D eigenvalue weighted by atomic mass is 9.77. The number of cyclic esters (lactones) is 1. The van der Waals surface area contributed by atoms with Crippen LogP contribution in [0.5, 0.6) is 0 Å². The second-order valence-electron chi connectivity index (χ2n) is 4.75. The Balaban J connectivity index is 1.65. The van der Waals surface area contributed by atoms with Gasteiger partial charge >= 0.3 is 6.09 Å². The van der Waals surface area contributed by atoms with Gasteiger partial charge in [-0.2, -0.15) is 0 Å². The van der Waals surface area contributed by atoms with Crippen molar-refractivity contribution in [1.29, 1.82) is 0 Å². The zero-order valence-electron chi connectivity index (χ0n) is 9.50. The Morgan fingerprint density at radius 2 is 2.35 bits per heavy atom. The average molecular weight is 236 g/mol. The highest BCUT2D eigenvalue weighted by molar-refractivity contribution is 5.73. The van der Waals surface area contributed by atoms with Gasteiger partial charge in [0.2, 0.25) is 0 Å². The SMILES string of the molecule is N[C@H]1C[C@@H](C2CN(C3=CNCC=N3)C(=O)O2)C1. The molecule has 1 saturated carbocycles. The number of nitrogens with one attached hydrogen (secondary N) is 1. The van der Waals surface area contributed by atoms with E-state index in [1.807, 2.05) is 0 Å². The molecule has 17 heavy (non-hydrogen) atoms. The molecule has 92 valence electrons. The van der Waals surface area contributed by atoms with Gasteiger partial charge in [-0.25, -0.2) is 9.79 Å². The third kappa shape index (κ3) is 1.88. The largest absolute Gasteiger partial charge is 0.444 e. The van der Waals surface area contributed by atoms with Crippen molar-refractivity contribution in [1.82, 2.24) is 10.2 Å². The zero-order chi connectivity index (χ0) is 11.8. The standard InChI is InChI=1S/C11H16N4O2/c12-8-3-7(4-8)9-6-15(11(16)17-9)10-5-13-1-2-14-10/h2,5,7-9,13H,1,3-4,6,12H2/t7-,8+,9?. The van der Waals surface area contributed by atoms with E-state index in [2.05, 4.69) is 10.3 Å². The zero-order valence-corrected chi connectivity index (χ0v) is 9.50. The molecule has 1 aliphatic carbocycles. The summed E-state index contributed by atoms with van der Waals surface area (Å²) in [6.07, 6.45) is 5.06. The van der Waals surface area contributed by atoms with Crippen LogP contribution in [0.2, 0.25) is 0 Å². The first kappa shape index (κ1) is 10.6. The van der Waals surface area contributed by atoms with E-state index in [0.717, 1.165) is 12.8 Å². The van der Waals surface area contributed by atoms with E-state index in [9.17, 15) is 4.79 Å². The van der Waals surface area contributed by atoms with Crippen LogP contribution in [0.4, 0.5) is 4.79 Å². The molecule has 6 nitrogen and oxygen atoms in total. The fraction of sp³-hybridized carbons (Fsp3) is 0.636.